The summed E-state index contributed by atoms with van der Waals surface area (Å²) in [5, 5.41) is 18.3. The molecule has 1 aromatic carbocycles. The molecule has 0 atom stereocenters. The number of hydrogen-bond donors (Lipinski definition) is 1. The summed E-state index contributed by atoms with van der Waals surface area (Å²) >= 11 is 0. The zero-order chi connectivity index (χ0) is 8.55. The van der Waals surface area contributed by atoms with Crippen molar-refractivity contribution in [3.8, 4) is 11.8 Å². The molecule has 0 amide bonds. The molecule has 0 spiro atoms. The molecule has 0 saturated carbocycles. The van der Waals surface area contributed by atoms with E-state index >= 15 is 0 Å². The van der Waals surface area contributed by atoms with Crippen molar-refractivity contribution >= 4 is 11.0 Å². The lowest BCUT2D eigenvalue weighted by atomic mass is 10.2. The minimum atomic E-state index is 0.174. The molecule has 3 nitrogen and oxygen atoms in total. The van der Waals surface area contributed by atoms with Crippen LogP contribution in [0.1, 0.15) is 5.76 Å². The van der Waals surface area contributed by atoms with E-state index in [0.717, 1.165) is 5.39 Å². The van der Waals surface area contributed by atoms with Gasteiger partial charge in [0.15, 0.2) is 0 Å². The van der Waals surface area contributed by atoms with E-state index in [1.807, 2.05) is 6.07 Å². The van der Waals surface area contributed by atoms with Crippen molar-refractivity contribution in [2.75, 3.05) is 0 Å². The molecule has 2 aromatic rings. The van der Waals surface area contributed by atoms with Crippen molar-refractivity contribution in [1.29, 1.82) is 5.26 Å². The molecule has 1 heterocycles. The number of furan rings is 1. The van der Waals surface area contributed by atoms with Gasteiger partial charge in [-0.05, 0) is 18.2 Å². The standard InChI is InChI=1S/C9H5NO2/c10-5-8-4-6-3-7(11)1-2-9(6)12-8/h1-4,11H. The number of benzene rings is 1. The summed E-state index contributed by atoms with van der Waals surface area (Å²) in [7, 11) is 0. The van der Waals surface area contributed by atoms with E-state index in [4.69, 9.17) is 14.8 Å². The van der Waals surface area contributed by atoms with Crippen LogP contribution in [-0.4, -0.2) is 5.11 Å². The van der Waals surface area contributed by atoms with Gasteiger partial charge in [-0.3, -0.25) is 0 Å². The third-order valence-corrected chi connectivity index (χ3v) is 1.61. The number of nitriles is 1. The molecule has 3 heteroatoms. The topological polar surface area (TPSA) is 57.2 Å². The molecule has 0 unspecified atom stereocenters. The second-order valence-corrected chi connectivity index (χ2v) is 2.44. The van der Waals surface area contributed by atoms with Crippen LogP contribution >= 0.6 is 0 Å². The Bertz CT molecular complexity index is 465. The van der Waals surface area contributed by atoms with Gasteiger partial charge >= 0.3 is 0 Å². The lowest BCUT2D eigenvalue weighted by Crippen LogP contribution is -1.62. The maximum Gasteiger partial charge on any atom is 0.204 e. The monoisotopic (exact) mass is 159 g/mol. The Morgan fingerprint density at radius 1 is 1.33 bits per heavy atom. The summed E-state index contributed by atoms with van der Waals surface area (Å²) in [5.41, 5.74) is 0.615. The lowest BCUT2D eigenvalue weighted by Gasteiger charge is -1.88. The highest BCUT2D eigenvalue weighted by Crippen LogP contribution is 2.22. The Labute approximate surface area is 68.5 Å². The number of nitrogens with zero attached hydrogens (tertiary/aromatic N) is 1. The summed E-state index contributed by atoms with van der Waals surface area (Å²) in [5.74, 6) is 0.434. The maximum atomic E-state index is 9.09. The van der Waals surface area contributed by atoms with Crippen LogP contribution in [0.3, 0.4) is 0 Å². The third-order valence-electron chi connectivity index (χ3n) is 1.61. The normalized spacial score (nSPS) is 9.92. The first kappa shape index (κ1) is 6.74. The number of hydrogen-bond acceptors (Lipinski definition) is 3. The summed E-state index contributed by atoms with van der Waals surface area (Å²) < 4.78 is 5.10. The van der Waals surface area contributed by atoms with E-state index in [2.05, 4.69) is 0 Å². The highest BCUT2D eigenvalue weighted by atomic mass is 16.3. The third kappa shape index (κ3) is 0.903. The summed E-state index contributed by atoms with van der Waals surface area (Å²) in [6.07, 6.45) is 0. The Hall–Kier alpha value is -1.95. The fraction of sp³-hybridized carbons (Fsp3) is 0. The first-order valence-corrected chi connectivity index (χ1v) is 3.42. The molecule has 2 rings (SSSR count). The van der Waals surface area contributed by atoms with E-state index in [0.29, 0.717) is 5.58 Å². The molecule has 0 aliphatic rings. The SMILES string of the molecule is N#Cc1cc2cc(O)ccc2o1. The molecule has 0 aliphatic heterocycles. The Balaban J connectivity index is 2.77. The predicted octanol–water partition coefficient (Wildman–Crippen LogP) is 2.01. The van der Waals surface area contributed by atoms with Gasteiger partial charge in [-0.1, -0.05) is 0 Å². The van der Waals surface area contributed by atoms with Crippen LogP contribution in [-0.2, 0) is 0 Å². The van der Waals surface area contributed by atoms with Crippen molar-refractivity contribution in [3.05, 3.63) is 30.0 Å². The average molecular weight is 159 g/mol. The number of aromatic hydroxyl groups is 1. The first-order chi connectivity index (χ1) is 5.79. The molecule has 0 radical (unpaired) electrons. The fourth-order valence-electron chi connectivity index (χ4n) is 1.09. The van der Waals surface area contributed by atoms with Crippen molar-refractivity contribution in [3.63, 3.8) is 0 Å². The van der Waals surface area contributed by atoms with E-state index in [1.165, 1.54) is 6.07 Å². The summed E-state index contributed by atoms with van der Waals surface area (Å²) in [6, 6.07) is 8.19. The second kappa shape index (κ2) is 2.28. The number of fused-ring (bicyclic) bond motifs is 1. The molecule has 12 heavy (non-hydrogen) atoms. The molecule has 0 bridgehead atoms. The molecular formula is C9H5NO2. The van der Waals surface area contributed by atoms with Gasteiger partial charge in [0.25, 0.3) is 0 Å². The largest absolute Gasteiger partial charge is 0.508 e. The fourth-order valence-corrected chi connectivity index (χ4v) is 1.09. The zero-order valence-electron chi connectivity index (χ0n) is 6.11. The predicted molar refractivity (Wildman–Crippen MR) is 42.6 cm³/mol. The van der Waals surface area contributed by atoms with E-state index in [-0.39, 0.29) is 11.5 Å². The van der Waals surface area contributed by atoms with Crippen LogP contribution < -0.4 is 0 Å². The molecule has 1 aromatic heterocycles. The van der Waals surface area contributed by atoms with Crippen LogP contribution in [0.15, 0.2) is 28.7 Å². The van der Waals surface area contributed by atoms with Gasteiger partial charge in [0.1, 0.15) is 17.4 Å². The smallest absolute Gasteiger partial charge is 0.204 e. The van der Waals surface area contributed by atoms with Crippen LogP contribution in [0, 0.1) is 11.3 Å². The second-order valence-electron chi connectivity index (χ2n) is 2.44. The summed E-state index contributed by atoms with van der Waals surface area (Å²) in [4.78, 5) is 0. The number of phenols is 1. The van der Waals surface area contributed by atoms with Gasteiger partial charge in [-0.15, -0.1) is 0 Å². The molecule has 58 valence electrons. The van der Waals surface area contributed by atoms with Crippen LogP contribution in [0.4, 0.5) is 0 Å². The van der Waals surface area contributed by atoms with E-state index in [9.17, 15) is 0 Å². The number of rotatable bonds is 0. The van der Waals surface area contributed by atoms with Crippen molar-refractivity contribution in [1.82, 2.24) is 0 Å². The molecular weight excluding hydrogens is 154 g/mol. The van der Waals surface area contributed by atoms with E-state index < -0.39 is 0 Å². The Kier molecular flexibility index (Phi) is 1.28. The van der Waals surface area contributed by atoms with Crippen molar-refractivity contribution in [2.24, 2.45) is 0 Å². The van der Waals surface area contributed by atoms with Crippen molar-refractivity contribution < 1.29 is 9.52 Å². The summed E-state index contributed by atoms with van der Waals surface area (Å²) in [6.45, 7) is 0. The van der Waals surface area contributed by atoms with E-state index in [1.54, 1.807) is 18.2 Å². The maximum absolute atomic E-state index is 9.09. The molecule has 0 fully saturated rings. The Morgan fingerprint density at radius 3 is 2.92 bits per heavy atom. The molecule has 1 N–H and O–H groups in total. The lowest BCUT2D eigenvalue weighted by molar-refractivity contribution is 0.476. The van der Waals surface area contributed by atoms with Gasteiger partial charge < -0.3 is 9.52 Å². The van der Waals surface area contributed by atoms with Crippen LogP contribution in [0.5, 0.6) is 5.75 Å². The Morgan fingerprint density at radius 2 is 2.17 bits per heavy atom. The van der Waals surface area contributed by atoms with Gasteiger partial charge in [-0.25, -0.2) is 0 Å². The van der Waals surface area contributed by atoms with Crippen LogP contribution in [0.25, 0.3) is 11.0 Å². The van der Waals surface area contributed by atoms with Gasteiger partial charge in [0.2, 0.25) is 5.76 Å². The van der Waals surface area contributed by atoms with Crippen LogP contribution in [0.2, 0.25) is 0 Å². The first-order valence-electron chi connectivity index (χ1n) is 3.42. The number of phenolic OH excluding ortho intramolecular Hbond substituents is 1. The highest BCUT2D eigenvalue weighted by Gasteiger charge is 2.02. The molecule has 0 saturated heterocycles. The van der Waals surface area contributed by atoms with Crippen molar-refractivity contribution in [2.45, 2.75) is 0 Å². The average Bonchev–Trinajstić information content (AvgIpc) is 2.46. The molecule has 0 aliphatic carbocycles. The highest BCUT2D eigenvalue weighted by molar-refractivity contribution is 5.80. The minimum Gasteiger partial charge on any atom is -0.508 e. The van der Waals surface area contributed by atoms with Gasteiger partial charge in [-0.2, -0.15) is 5.26 Å². The zero-order valence-corrected chi connectivity index (χ0v) is 6.11. The van der Waals surface area contributed by atoms with Gasteiger partial charge in [0, 0.05) is 11.5 Å². The minimum absolute atomic E-state index is 0.174. The van der Waals surface area contributed by atoms with Gasteiger partial charge in [0.05, 0.1) is 0 Å². The quantitative estimate of drug-likeness (QED) is 0.639.